The number of aryl methyl sites for hydroxylation is 1. The number of nitro benzene ring substituents is 1. The molecule has 1 aliphatic rings. The normalized spacial score (nSPS) is 19.7. The van der Waals surface area contributed by atoms with E-state index in [1.807, 2.05) is 6.92 Å². The molecule has 1 aromatic rings. The molecule has 5 nitrogen and oxygen atoms in total. The highest BCUT2D eigenvalue weighted by Gasteiger charge is 2.23. The Kier molecular flexibility index (Phi) is 3.22. The Balaban J connectivity index is 2.36. The summed E-state index contributed by atoms with van der Waals surface area (Å²) in [5.41, 5.74) is 7.60. The first-order chi connectivity index (χ1) is 7.99. The fourth-order valence-electron chi connectivity index (χ4n) is 2.14. The summed E-state index contributed by atoms with van der Waals surface area (Å²) in [6.07, 6.45) is 0.939. The van der Waals surface area contributed by atoms with E-state index in [4.69, 9.17) is 17.3 Å². The largest absolute Gasteiger partial charge is 0.370 e. The SMILES string of the molecule is Cc1cc([N+](=O)[O-])c(Cl)cc1N1CCC(N)C1. The summed E-state index contributed by atoms with van der Waals surface area (Å²) in [6, 6.07) is 3.34. The standard InChI is InChI=1S/C11H14ClN3O2/c1-7-4-11(15(16)17)9(12)5-10(7)14-3-2-8(13)6-14/h4-5,8H,2-3,6,13H2,1H3. The van der Waals surface area contributed by atoms with E-state index in [1.165, 1.54) is 6.07 Å². The van der Waals surface area contributed by atoms with Crippen LogP contribution in [0, 0.1) is 17.0 Å². The second-order valence-corrected chi connectivity index (χ2v) is 4.75. The van der Waals surface area contributed by atoms with E-state index in [9.17, 15) is 10.1 Å². The van der Waals surface area contributed by atoms with Crippen molar-refractivity contribution >= 4 is 23.0 Å². The lowest BCUT2D eigenvalue weighted by Crippen LogP contribution is -2.26. The first-order valence-electron chi connectivity index (χ1n) is 5.44. The molecule has 0 saturated carbocycles. The minimum absolute atomic E-state index is 0.0450. The number of nitro groups is 1. The van der Waals surface area contributed by atoms with Crippen LogP contribution in [0.3, 0.4) is 0 Å². The van der Waals surface area contributed by atoms with Gasteiger partial charge in [0.2, 0.25) is 0 Å². The van der Waals surface area contributed by atoms with Crippen LogP contribution in [-0.2, 0) is 0 Å². The van der Waals surface area contributed by atoms with E-state index in [0.717, 1.165) is 30.8 Å². The predicted octanol–water partition coefficient (Wildman–Crippen LogP) is 2.09. The lowest BCUT2D eigenvalue weighted by Gasteiger charge is -2.20. The minimum atomic E-state index is -0.463. The Hall–Kier alpha value is -1.33. The highest BCUT2D eigenvalue weighted by molar-refractivity contribution is 6.33. The van der Waals surface area contributed by atoms with Gasteiger partial charge in [0, 0.05) is 30.9 Å². The molecular formula is C11H14ClN3O2. The van der Waals surface area contributed by atoms with Crippen LogP contribution in [0.15, 0.2) is 12.1 Å². The molecule has 1 aromatic carbocycles. The molecule has 6 heteroatoms. The molecule has 1 unspecified atom stereocenters. The molecule has 92 valence electrons. The minimum Gasteiger partial charge on any atom is -0.370 e. The summed E-state index contributed by atoms with van der Waals surface area (Å²) in [5, 5.41) is 10.9. The third-order valence-corrected chi connectivity index (χ3v) is 3.33. The quantitative estimate of drug-likeness (QED) is 0.649. The molecule has 1 aliphatic heterocycles. The number of rotatable bonds is 2. The topological polar surface area (TPSA) is 72.4 Å². The second-order valence-electron chi connectivity index (χ2n) is 4.34. The number of halogens is 1. The molecule has 17 heavy (non-hydrogen) atoms. The summed E-state index contributed by atoms with van der Waals surface area (Å²) < 4.78 is 0. The molecule has 2 N–H and O–H groups in total. The van der Waals surface area contributed by atoms with Gasteiger partial charge >= 0.3 is 0 Å². The van der Waals surface area contributed by atoms with Gasteiger partial charge in [-0.3, -0.25) is 10.1 Å². The monoisotopic (exact) mass is 255 g/mol. The van der Waals surface area contributed by atoms with E-state index in [-0.39, 0.29) is 16.8 Å². The average molecular weight is 256 g/mol. The molecule has 0 spiro atoms. The van der Waals surface area contributed by atoms with Gasteiger partial charge in [0.25, 0.3) is 5.69 Å². The van der Waals surface area contributed by atoms with E-state index < -0.39 is 4.92 Å². The van der Waals surface area contributed by atoms with Gasteiger partial charge in [0.05, 0.1) is 4.92 Å². The molecule has 2 rings (SSSR count). The first kappa shape index (κ1) is 12.1. The number of nitrogens with zero attached hydrogens (tertiary/aromatic N) is 2. The van der Waals surface area contributed by atoms with Crippen molar-refractivity contribution in [3.8, 4) is 0 Å². The number of hydrogen-bond acceptors (Lipinski definition) is 4. The van der Waals surface area contributed by atoms with Gasteiger partial charge in [0.1, 0.15) is 5.02 Å². The molecule has 0 aromatic heterocycles. The van der Waals surface area contributed by atoms with Crippen LogP contribution in [0.2, 0.25) is 5.02 Å². The second kappa shape index (κ2) is 4.50. The van der Waals surface area contributed by atoms with Crippen LogP contribution in [0.25, 0.3) is 0 Å². The Labute approximate surface area is 104 Å². The van der Waals surface area contributed by atoms with Gasteiger partial charge in [-0.2, -0.15) is 0 Å². The van der Waals surface area contributed by atoms with Gasteiger partial charge in [0.15, 0.2) is 0 Å². The van der Waals surface area contributed by atoms with Crippen LogP contribution in [-0.4, -0.2) is 24.1 Å². The van der Waals surface area contributed by atoms with Crippen LogP contribution >= 0.6 is 11.6 Å². The lowest BCUT2D eigenvalue weighted by molar-refractivity contribution is -0.384. The molecule has 1 atom stereocenters. The lowest BCUT2D eigenvalue weighted by atomic mass is 10.1. The zero-order valence-corrected chi connectivity index (χ0v) is 10.3. The molecule has 0 amide bonds. The fourth-order valence-corrected chi connectivity index (χ4v) is 2.37. The molecular weight excluding hydrogens is 242 g/mol. The smallest absolute Gasteiger partial charge is 0.288 e. The summed E-state index contributed by atoms with van der Waals surface area (Å²) in [6.45, 7) is 3.49. The summed E-state index contributed by atoms with van der Waals surface area (Å²) in [4.78, 5) is 12.4. The number of anilines is 1. The van der Waals surface area contributed by atoms with Gasteiger partial charge in [-0.1, -0.05) is 11.6 Å². The Morgan fingerprint density at radius 2 is 2.29 bits per heavy atom. The summed E-state index contributed by atoms with van der Waals surface area (Å²) >= 11 is 5.91. The van der Waals surface area contributed by atoms with Crippen molar-refractivity contribution in [2.24, 2.45) is 5.73 Å². The van der Waals surface area contributed by atoms with Crippen molar-refractivity contribution < 1.29 is 4.92 Å². The average Bonchev–Trinajstić information content (AvgIpc) is 2.67. The maximum absolute atomic E-state index is 10.7. The maximum Gasteiger partial charge on any atom is 0.288 e. The van der Waals surface area contributed by atoms with Crippen LogP contribution in [0.4, 0.5) is 11.4 Å². The van der Waals surface area contributed by atoms with E-state index in [2.05, 4.69) is 4.90 Å². The third kappa shape index (κ3) is 2.35. The summed E-state index contributed by atoms with van der Waals surface area (Å²) in [5.74, 6) is 0. The number of nitrogens with two attached hydrogens (primary N) is 1. The highest BCUT2D eigenvalue weighted by atomic mass is 35.5. The Morgan fingerprint density at radius 1 is 1.59 bits per heavy atom. The Morgan fingerprint density at radius 3 is 2.82 bits per heavy atom. The van der Waals surface area contributed by atoms with E-state index >= 15 is 0 Å². The number of benzene rings is 1. The fraction of sp³-hybridized carbons (Fsp3) is 0.455. The zero-order chi connectivity index (χ0) is 12.6. The zero-order valence-electron chi connectivity index (χ0n) is 9.52. The summed E-state index contributed by atoms with van der Waals surface area (Å²) in [7, 11) is 0. The van der Waals surface area contributed by atoms with Crippen molar-refractivity contribution in [2.45, 2.75) is 19.4 Å². The molecule has 1 fully saturated rings. The predicted molar refractivity (Wildman–Crippen MR) is 67.6 cm³/mol. The van der Waals surface area contributed by atoms with Gasteiger partial charge in [-0.05, 0) is 25.0 Å². The van der Waals surface area contributed by atoms with Gasteiger partial charge < -0.3 is 10.6 Å². The van der Waals surface area contributed by atoms with Crippen LogP contribution in [0.5, 0.6) is 0 Å². The Bertz CT molecular complexity index is 464. The van der Waals surface area contributed by atoms with Gasteiger partial charge in [-0.25, -0.2) is 0 Å². The van der Waals surface area contributed by atoms with E-state index in [1.54, 1.807) is 6.07 Å². The molecule has 0 aliphatic carbocycles. The molecule has 0 bridgehead atoms. The van der Waals surface area contributed by atoms with Crippen molar-refractivity contribution in [1.29, 1.82) is 0 Å². The molecule has 1 saturated heterocycles. The van der Waals surface area contributed by atoms with Crippen LogP contribution < -0.4 is 10.6 Å². The molecule has 1 heterocycles. The van der Waals surface area contributed by atoms with Crippen molar-refractivity contribution in [3.05, 3.63) is 32.8 Å². The van der Waals surface area contributed by atoms with Crippen molar-refractivity contribution in [3.63, 3.8) is 0 Å². The maximum atomic E-state index is 10.7. The first-order valence-corrected chi connectivity index (χ1v) is 5.82. The number of hydrogen-bond donors (Lipinski definition) is 1. The molecule has 0 radical (unpaired) electrons. The van der Waals surface area contributed by atoms with Gasteiger partial charge in [-0.15, -0.1) is 0 Å². The van der Waals surface area contributed by atoms with Crippen molar-refractivity contribution in [2.75, 3.05) is 18.0 Å². The highest BCUT2D eigenvalue weighted by Crippen LogP contribution is 2.33. The van der Waals surface area contributed by atoms with Crippen molar-refractivity contribution in [1.82, 2.24) is 0 Å². The van der Waals surface area contributed by atoms with Crippen LogP contribution in [0.1, 0.15) is 12.0 Å². The van der Waals surface area contributed by atoms with E-state index in [0.29, 0.717) is 0 Å². The third-order valence-electron chi connectivity index (χ3n) is 3.03.